The van der Waals surface area contributed by atoms with Crippen LogP contribution in [0.1, 0.15) is 47.5 Å². The molecule has 82 valence electrons. The van der Waals surface area contributed by atoms with Crippen molar-refractivity contribution in [2.75, 3.05) is 6.61 Å². The highest BCUT2D eigenvalue weighted by atomic mass is 16.5. The van der Waals surface area contributed by atoms with Crippen molar-refractivity contribution in [1.29, 1.82) is 0 Å². The molecule has 0 spiro atoms. The summed E-state index contributed by atoms with van der Waals surface area (Å²) in [7, 11) is 0. The molecule has 0 aromatic carbocycles. The lowest BCUT2D eigenvalue weighted by atomic mass is 9.83. The molecule has 0 radical (unpaired) electrons. The van der Waals surface area contributed by atoms with Crippen molar-refractivity contribution in [3.63, 3.8) is 0 Å². The predicted molar refractivity (Wildman–Crippen MR) is 59.1 cm³/mol. The topological polar surface area (TPSA) is 26.3 Å². The van der Waals surface area contributed by atoms with Gasteiger partial charge in [-0.2, -0.15) is 0 Å². The van der Waals surface area contributed by atoms with E-state index in [0.29, 0.717) is 13.0 Å². The summed E-state index contributed by atoms with van der Waals surface area (Å²) >= 11 is 0. The van der Waals surface area contributed by atoms with Gasteiger partial charge in [0.15, 0.2) is 0 Å². The number of carbonyl (C=O) groups excluding carboxylic acids is 1. The van der Waals surface area contributed by atoms with Gasteiger partial charge in [-0.1, -0.05) is 25.5 Å². The van der Waals surface area contributed by atoms with Gasteiger partial charge in [-0.05, 0) is 32.6 Å². The maximum Gasteiger partial charge on any atom is 0.306 e. The monoisotopic (exact) mass is 198 g/mol. The maximum atomic E-state index is 11.3. The highest BCUT2D eigenvalue weighted by Crippen LogP contribution is 2.29. The fraction of sp³-hybridized carbons (Fsp3) is 0.750. The molecule has 0 saturated carbocycles. The summed E-state index contributed by atoms with van der Waals surface area (Å²) in [5, 5.41) is 0. The van der Waals surface area contributed by atoms with Crippen LogP contribution < -0.4 is 0 Å². The lowest BCUT2D eigenvalue weighted by molar-refractivity contribution is -0.145. The molecule has 0 N–H and O–H groups in total. The number of hydrogen-bond acceptors (Lipinski definition) is 2. The van der Waals surface area contributed by atoms with E-state index in [0.717, 1.165) is 6.42 Å². The normalized spacial score (nSPS) is 12.8. The van der Waals surface area contributed by atoms with Gasteiger partial charge in [0.05, 0.1) is 13.0 Å². The van der Waals surface area contributed by atoms with Gasteiger partial charge in [0.2, 0.25) is 0 Å². The van der Waals surface area contributed by atoms with Crippen molar-refractivity contribution in [3.8, 4) is 0 Å². The number of rotatable bonds is 5. The first kappa shape index (κ1) is 13.2. The van der Waals surface area contributed by atoms with Gasteiger partial charge in [0.25, 0.3) is 0 Å². The fourth-order valence-electron chi connectivity index (χ4n) is 1.52. The molecule has 0 unspecified atom stereocenters. The zero-order valence-electron chi connectivity index (χ0n) is 10.0. The first-order valence-corrected chi connectivity index (χ1v) is 5.18. The van der Waals surface area contributed by atoms with E-state index in [1.807, 2.05) is 13.8 Å². The van der Waals surface area contributed by atoms with E-state index in [1.54, 1.807) is 0 Å². The van der Waals surface area contributed by atoms with Gasteiger partial charge >= 0.3 is 5.97 Å². The SMILES string of the molecule is C/C=C(\C)CC(C)(C)CC(=O)OCC. The van der Waals surface area contributed by atoms with Crippen LogP contribution in [-0.4, -0.2) is 12.6 Å². The second kappa shape index (κ2) is 5.84. The van der Waals surface area contributed by atoms with Gasteiger partial charge < -0.3 is 4.74 Å². The molecule has 0 rings (SSSR count). The Hall–Kier alpha value is -0.790. The van der Waals surface area contributed by atoms with Gasteiger partial charge in [-0.3, -0.25) is 4.79 Å². The lowest BCUT2D eigenvalue weighted by Crippen LogP contribution is -2.19. The number of allylic oxidation sites excluding steroid dienone is 2. The summed E-state index contributed by atoms with van der Waals surface area (Å²) in [6, 6.07) is 0. The molecule has 0 atom stereocenters. The molecule has 0 saturated heterocycles. The van der Waals surface area contributed by atoms with E-state index in [1.165, 1.54) is 5.57 Å². The van der Waals surface area contributed by atoms with Crippen molar-refractivity contribution in [2.24, 2.45) is 5.41 Å². The summed E-state index contributed by atoms with van der Waals surface area (Å²) in [6.45, 7) is 10.6. The smallest absolute Gasteiger partial charge is 0.306 e. The second-order valence-electron chi connectivity index (χ2n) is 4.46. The van der Waals surface area contributed by atoms with Crippen LogP contribution >= 0.6 is 0 Å². The number of hydrogen-bond donors (Lipinski definition) is 0. The average Bonchev–Trinajstić information content (AvgIpc) is 2.02. The molecule has 2 heteroatoms. The van der Waals surface area contributed by atoms with Crippen LogP contribution in [-0.2, 0) is 9.53 Å². The average molecular weight is 198 g/mol. The van der Waals surface area contributed by atoms with E-state index >= 15 is 0 Å². The largest absolute Gasteiger partial charge is 0.466 e. The van der Waals surface area contributed by atoms with Gasteiger partial charge in [0, 0.05) is 0 Å². The summed E-state index contributed by atoms with van der Waals surface area (Å²) in [6.07, 6.45) is 3.53. The van der Waals surface area contributed by atoms with Crippen molar-refractivity contribution in [3.05, 3.63) is 11.6 Å². The van der Waals surface area contributed by atoms with Crippen molar-refractivity contribution in [2.45, 2.75) is 47.5 Å². The molecular formula is C12H22O2. The van der Waals surface area contributed by atoms with E-state index < -0.39 is 0 Å². The zero-order valence-corrected chi connectivity index (χ0v) is 10.0. The van der Waals surface area contributed by atoms with Crippen LogP contribution in [0.3, 0.4) is 0 Å². The van der Waals surface area contributed by atoms with Gasteiger partial charge in [-0.15, -0.1) is 0 Å². The molecule has 0 heterocycles. The molecule has 0 aromatic rings. The third-order valence-corrected chi connectivity index (χ3v) is 2.18. The quantitative estimate of drug-likeness (QED) is 0.500. The molecular weight excluding hydrogens is 176 g/mol. The highest BCUT2D eigenvalue weighted by Gasteiger charge is 2.22. The first-order valence-electron chi connectivity index (χ1n) is 5.18. The third kappa shape index (κ3) is 5.79. The second-order valence-corrected chi connectivity index (χ2v) is 4.46. The maximum absolute atomic E-state index is 11.3. The Balaban J connectivity index is 4.13. The Labute approximate surface area is 87.3 Å². The highest BCUT2D eigenvalue weighted by molar-refractivity contribution is 5.70. The van der Waals surface area contributed by atoms with Crippen LogP contribution in [0.4, 0.5) is 0 Å². The summed E-state index contributed by atoms with van der Waals surface area (Å²) in [5.74, 6) is -0.0959. The van der Waals surface area contributed by atoms with E-state index in [2.05, 4.69) is 26.8 Å². The number of esters is 1. The molecule has 0 aromatic heterocycles. The zero-order chi connectivity index (χ0) is 11.2. The third-order valence-electron chi connectivity index (χ3n) is 2.18. The first-order chi connectivity index (χ1) is 6.41. The lowest BCUT2D eigenvalue weighted by Gasteiger charge is -2.23. The van der Waals surface area contributed by atoms with E-state index in [-0.39, 0.29) is 11.4 Å². The molecule has 0 amide bonds. The summed E-state index contributed by atoms with van der Waals surface area (Å²) < 4.78 is 4.93. The minimum atomic E-state index is -0.0959. The van der Waals surface area contributed by atoms with Crippen LogP contribution in [0.25, 0.3) is 0 Å². The van der Waals surface area contributed by atoms with Crippen molar-refractivity contribution < 1.29 is 9.53 Å². The van der Waals surface area contributed by atoms with Crippen LogP contribution in [0.2, 0.25) is 0 Å². The minimum absolute atomic E-state index is 0.00282. The Bertz CT molecular complexity index is 214. The molecule has 0 aliphatic rings. The van der Waals surface area contributed by atoms with Crippen LogP contribution in [0.15, 0.2) is 11.6 Å². The molecule has 2 nitrogen and oxygen atoms in total. The Kier molecular flexibility index (Phi) is 5.51. The predicted octanol–water partition coefficient (Wildman–Crippen LogP) is 3.32. The fourth-order valence-corrected chi connectivity index (χ4v) is 1.52. The van der Waals surface area contributed by atoms with Gasteiger partial charge in [0.1, 0.15) is 0 Å². The minimum Gasteiger partial charge on any atom is -0.466 e. The molecule has 0 aliphatic carbocycles. The Morgan fingerprint density at radius 3 is 2.36 bits per heavy atom. The van der Waals surface area contributed by atoms with E-state index in [9.17, 15) is 4.79 Å². The standard InChI is InChI=1S/C12H22O2/c1-6-10(3)8-12(4,5)9-11(13)14-7-2/h6H,7-9H2,1-5H3/b10-6+. The number of carbonyl (C=O) groups is 1. The van der Waals surface area contributed by atoms with Crippen LogP contribution in [0, 0.1) is 5.41 Å². The number of ether oxygens (including phenoxy) is 1. The Morgan fingerprint density at radius 1 is 1.36 bits per heavy atom. The van der Waals surface area contributed by atoms with Crippen molar-refractivity contribution in [1.82, 2.24) is 0 Å². The molecule has 0 bridgehead atoms. The van der Waals surface area contributed by atoms with E-state index in [4.69, 9.17) is 4.74 Å². The molecule has 0 aliphatic heterocycles. The van der Waals surface area contributed by atoms with Crippen LogP contribution in [0.5, 0.6) is 0 Å². The van der Waals surface area contributed by atoms with Gasteiger partial charge in [-0.25, -0.2) is 0 Å². The molecule has 0 fully saturated rings. The van der Waals surface area contributed by atoms with Crippen molar-refractivity contribution >= 4 is 5.97 Å². The molecule has 14 heavy (non-hydrogen) atoms. The summed E-state index contributed by atoms with van der Waals surface area (Å²) in [5.41, 5.74) is 1.32. The summed E-state index contributed by atoms with van der Waals surface area (Å²) in [4.78, 5) is 11.3. The Morgan fingerprint density at radius 2 is 1.93 bits per heavy atom.